The topological polar surface area (TPSA) is 64.3 Å². The van der Waals surface area contributed by atoms with E-state index in [2.05, 4.69) is 11.2 Å². The molecule has 0 saturated heterocycles. The molecule has 2 aromatic carbocycles. The first-order valence-electron chi connectivity index (χ1n) is 6.30. The van der Waals surface area contributed by atoms with Crippen LogP contribution >= 0.6 is 0 Å². The van der Waals surface area contributed by atoms with Crippen LogP contribution in [0.1, 0.15) is 5.56 Å². The number of hydrogen-bond acceptors (Lipinski definition) is 3. The van der Waals surface area contributed by atoms with E-state index in [9.17, 15) is 4.79 Å². The largest absolute Gasteiger partial charge is 0.483 e. The number of fused-ring (bicyclic) bond motifs is 1. The summed E-state index contributed by atoms with van der Waals surface area (Å²) < 4.78 is 5.53. The van der Waals surface area contributed by atoms with Crippen LogP contribution in [0.4, 0.5) is 0 Å². The van der Waals surface area contributed by atoms with Gasteiger partial charge in [0.2, 0.25) is 0 Å². The zero-order valence-corrected chi connectivity index (χ0v) is 11.1. The average molecular weight is 268 g/mol. The van der Waals surface area contributed by atoms with Crippen LogP contribution in [-0.2, 0) is 11.3 Å². The lowest BCUT2D eigenvalue weighted by atomic mass is 10.0. The van der Waals surface area contributed by atoms with E-state index >= 15 is 0 Å². The molecular weight excluding hydrogens is 252 g/mol. The van der Waals surface area contributed by atoms with E-state index in [1.807, 2.05) is 36.4 Å². The Labute approximate surface area is 117 Å². The molecular formula is C16H16N2O2. The zero-order chi connectivity index (χ0) is 14.4. The zero-order valence-electron chi connectivity index (χ0n) is 11.1. The number of ether oxygens (including phenoxy) is 1. The summed E-state index contributed by atoms with van der Waals surface area (Å²) in [5.74, 6) is 2.71. The number of amides is 1. The monoisotopic (exact) mass is 268 g/mol. The minimum absolute atomic E-state index is 0.0764. The number of carbonyl (C=O) groups excluding carboxylic acids is 1. The lowest BCUT2D eigenvalue weighted by Gasteiger charge is -2.12. The molecule has 0 aliphatic heterocycles. The number of nitrogens with one attached hydrogen (secondary N) is 1. The highest BCUT2D eigenvalue weighted by molar-refractivity contribution is 5.88. The quantitative estimate of drug-likeness (QED) is 0.806. The molecule has 1 amide bonds. The Morgan fingerprint density at radius 1 is 1.30 bits per heavy atom. The molecule has 0 aliphatic carbocycles. The molecule has 2 rings (SSSR count). The molecule has 4 heteroatoms. The Balaban J connectivity index is 2.18. The SMILES string of the molecule is C#CCNC(=O)COc1ccc2ccccc2c1CN. The molecule has 0 radical (unpaired) electrons. The van der Waals surface area contributed by atoms with Gasteiger partial charge in [-0.15, -0.1) is 6.42 Å². The third kappa shape index (κ3) is 3.08. The summed E-state index contributed by atoms with van der Waals surface area (Å²) in [6.07, 6.45) is 5.07. The lowest BCUT2D eigenvalue weighted by molar-refractivity contribution is -0.122. The molecule has 0 unspecified atom stereocenters. The van der Waals surface area contributed by atoms with E-state index in [1.165, 1.54) is 0 Å². The Bertz CT molecular complexity index is 659. The fourth-order valence-electron chi connectivity index (χ4n) is 2.01. The predicted octanol–water partition coefficient (Wildman–Crippen LogP) is 1.43. The Kier molecular flexibility index (Phi) is 4.59. The summed E-state index contributed by atoms with van der Waals surface area (Å²) in [4.78, 5) is 11.5. The summed E-state index contributed by atoms with van der Waals surface area (Å²) in [5.41, 5.74) is 6.69. The van der Waals surface area contributed by atoms with Gasteiger partial charge < -0.3 is 15.8 Å². The molecule has 4 nitrogen and oxygen atoms in total. The van der Waals surface area contributed by atoms with Gasteiger partial charge in [-0.05, 0) is 16.8 Å². The van der Waals surface area contributed by atoms with Crippen molar-refractivity contribution >= 4 is 16.7 Å². The second-order valence-electron chi connectivity index (χ2n) is 4.24. The Hall–Kier alpha value is -2.51. The van der Waals surface area contributed by atoms with Crippen molar-refractivity contribution in [3.63, 3.8) is 0 Å². The van der Waals surface area contributed by atoms with Crippen LogP contribution in [0.5, 0.6) is 5.75 Å². The first kappa shape index (κ1) is 13.9. The third-order valence-corrected chi connectivity index (χ3v) is 2.95. The fourth-order valence-corrected chi connectivity index (χ4v) is 2.01. The number of benzene rings is 2. The summed E-state index contributed by atoms with van der Waals surface area (Å²) >= 11 is 0. The first-order chi connectivity index (χ1) is 9.76. The van der Waals surface area contributed by atoms with Crippen LogP contribution in [0.2, 0.25) is 0 Å². The summed E-state index contributed by atoms with van der Waals surface area (Å²) in [7, 11) is 0. The molecule has 0 bridgehead atoms. The standard InChI is InChI=1S/C16H16N2O2/c1-2-9-18-16(19)11-20-15-8-7-12-5-3-4-6-13(12)14(15)10-17/h1,3-8H,9-11,17H2,(H,18,19). The fraction of sp³-hybridized carbons (Fsp3) is 0.188. The van der Waals surface area contributed by atoms with Gasteiger partial charge in [0.25, 0.3) is 5.91 Å². The van der Waals surface area contributed by atoms with E-state index in [1.54, 1.807) is 0 Å². The van der Waals surface area contributed by atoms with Crippen molar-refractivity contribution in [1.82, 2.24) is 5.32 Å². The predicted molar refractivity (Wildman–Crippen MR) is 79.2 cm³/mol. The van der Waals surface area contributed by atoms with Crippen molar-refractivity contribution in [3.05, 3.63) is 42.0 Å². The first-order valence-corrected chi connectivity index (χ1v) is 6.30. The van der Waals surface area contributed by atoms with Gasteiger partial charge in [0.05, 0.1) is 6.54 Å². The normalized spacial score (nSPS) is 10.0. The van der Waals surface area contributed by atoms with Crippen molar-refractivity contribution < 1.29 is 9.53 Å². The minimum Gasteiger partial charge on any atom is -0.483 e. The van der Waals surface area contributed by atoms with Crippen molar-refractivity contribution in [2.45, 2.75) is 6.54 Å². The van der Waals surface area contributed by atoms with Gasteiger partial charge in [0.1, 0.15) is 5.75 Å². The summed E-state index contributed by atoms with van der Waals surface area (Å²) in [6.45, 7) is 0.472. The van der Waals surface area contributed by atoms with Crippen LogP contribution in [-0.4, -0.2) is 19.1 Å². The van der Waals surface area contributed by atoms with Gasteiger partial charge in [-0.25, -0.2) is 0 Å². The molecule has 0 saturated carbocycles. The second kappa shape index (κ2) is 6.60. The molecule has 0 aliphatic rings. The molecule has 20 heavy (non-hydrogen) atoms. The number of nitrogens with two attached hydrogens (primary N) is 1. The third-order valence-electron chi connectivity index (χ3n) is 2.95. The highest BCUT2D eigenvalue weighted by atomic mass is 16.5. The Morgan fingerprint density at radius 2 is 2.10 bits per heavy atom. The number of hydrogen-bond donors (Lipinski definition) is 2. The van der Waals surface area contributed by atoms with Gasteiger partial charge in [-0.2, -0.15) is 0 Å². The van der Waals surface area contributed by atoms with Gasteiger partial charge in [-0.3, -0.25) is 4.79 Å². The number of carbonyl (C=O) groups is 1. The van der Waals surface area contributed by atoms with Crippen molar-refractivity contribution in [1.29, 1.82) is 0 Å². The maximum absolute atomic E-state index is 11.5. The van der Waals surface area contributed by atoms with Crippen molar-refractivity contribution in [3.8, 4) is 18.1 Å². The summed E-state index contributed by atoms with van der Waals surface area (Å²) in [6, 6.07) is 11.7. The lowest BCUT2D eigenvalue weighted by Crippen LogP contribution is -2.29. The second-order valence-corrected chi connectivity index (χ2v) is 4.24. The van der Waals surface area contributed by atoms with E-state index < -0.39 is 0 Å². The van der Waals surface area contributed by atoms with Crippen LogP contribution in [0.15, 0.2) is 36.4 Å². The van der Waals surface area contributed by atoms with E-state index in [0.29, 0.717) is 12.3 Å². The number of terminal acetylenes is 1. The summed E-state index contributed by atoms with van der Waals surface area (Å²) in [5, 5.41) is 4.68. The van der Waals surface area contributed by atoms with E-state index in [0.717, 1.165) is 16.3 Å². The highest BCUT2D eigenvalue weighted by Gasteiger charge is 2.09. The van der Waals surface area contributed by atoms with Gasteiger partial charge in [-0.1, -0.05) is 36.3 Å². The van der Waals surface area contributed by atoms with Crippen LogP contribution < -0.4 is 15.8 Å². The maximum atomic E-state index is 11.5. The van der Waals surface area contributed by atoms with Crippen LogP contribution in [0.25, 0.3) is 10.8 Å². The van der Waals surface area contributed by atoms with Crippen LogP contribution in [0, 0.1) is 12.3 Å². The molecule has 0 fully saturated rings. The number of rotatable bonds is 5. The Morgan fingerprint density at radius 3 is 2.85 bits per heavy atom. The van der Waals surface area contributed by atoms with Crippen molar-refractivity contribution in [2.75, 3.05) is 13.2 Å². The van der Waals surface area contributed by atoms with E-state index in [4.69, 9.17) is 16.9 Å². The van der Waals surface area contributed by atoms with Crippen LogP contribution in [0.3, 0.4) is 0 Å². The molecule has 0 atom stereocenters. The van der Waals surface area contributed by atoms with Gasteiger partial charge in [0.15, 0.2) is 6.61 Å². The van der Waals surface area contributed by atoms with E-state index in [-0.39, 0.29) is 19.1 Å². The van der Waals surface area contributed by atoms with Gasteiger partial charge in [0, 0.05) is 12.1 Å². The molecule has 2 aromatic rings. The molecule has 0 heterocycles. The molecule has 3 N–H and O–H groups in total. The average Bonchev–Trinajstić information content (AvgIpc) is 2.50. The maximum Gasteiger partial charge on any atom is 0.258 e. The van der Waals surface area contributed by atoms with Crippen molar-refractivity contribution in [2.24, 2.45) is 5.73 Å². The minimum atomic E-state index is -0.251. The smallest absolute Gasteiger partial charge is 0.258 e. The molecule has 0 spiro atoms. The molecule has 102 valence electrons. The molecule has 0 aromatic heterocycles. The highest BCUT2D eigenvalue weighted by Crippen LogP contribution is 2.27. The van der Waals surface area contributed by atoms with Gasteiger partial charge >= 0.3 is 0 Å².